The van der Waals surface area contributed by atoms with Crippen molar-refractivity contribution in [3.63, 3.8) is 0 Å². The van der Waals surface area contributed by atoms with E-state index < -0.39 is 0 Å². The standard InChI is InChI=1S/C33H53N3O3/c1-23(6-11-30(38)34-18-20-36(21-19-34)31(39)35-16-4-5-17-35)27-9-10-28-26-8-7-24-22-25(37)12-14-32(24,2)29(26)13-15-33(27,28)3/h7,23,25-29,37H,4-6,8-22H2,1-3H3/t23-,25+,26+,27-,28+,29+,32+,33-/m1/s1. The summed E-state index contributed by atoms with van der Waals surface area (Å²) in [6.07, 6.45) is 15.9. The van der Waals surface area contributed by atoms with Gasteiger partial charge in [-0.15, -0.1) is 0 Å². The predicted molar refractivity (Wildman–Crippen MR) is 154 cm³/mol. The maximum atomic E-state index is 13.2. The van der Waals surface area contributed by atoms with Gasteiger partial charge in [-0.2, -0.15) is 0 Å². The van der Waals surface area contributed by atoms with Gasteiger partial charge in [0.15, 0.2) is 0 Å². The molecule has 6 nitrogen and oxygen atoms in total. The highest BCUT2D eigenvalue weighted by Crippen LogP contribution is 2.67. The Bertz CT molecular complexity index is 967. The number of likely N-dealkylation sites (tertiary alicyclic amines) is 1. The normalized spacial score (nSPS) is 41.0. The molecule has 8 atom stereocenters. The van der Waals surface area contributed by atoms with Gasteiger partial charge in [-0.1, -0.05) is 32.4 Å². The first-order chi connectivity index (χ1) is 18.7. The van der Waals surface area contributed by atoms with E-state index >= 15 is 0 Å². The minimum atomic E-state index is -0.129. The van der Waals surface area contributed by atoms with Gasteiger partial charge < -0.3 is 19.8 Å². The fraction of sp³-hybridized carbons (Fsp3) is 0.879. The van der Waals surface area contributed by atoms with Gasteiger partial charge in [0.05, 0.1) is 6.10 Å². The minimum Gasteiger partial charge on any atom is -0.393 e. The molecule has 3 saturated carbocycles. The monoisotopic (exact) mass is 539 g/mol. The molecule has 2 aliphatic heterocycles. The summed E-state index contributed by atoms with van der Waals surface area (Å²) in [4.78, 5) is 31.8. The quantitative estimate of drug-likeness (QED) is 0.466. The van der Waals surface area contributed by atoms with Crippen LogP contribution in [-0.4, -0.2) is 77.1 Å². The van der Waals surface area contributed by atoms with Crippen LogP contribution < -0.4 is 0 Å². The van der Waals surface area contributed by atoms with Crippen molar-refractivity contribution >= 4 is 11.9 Å². The number of aliphatic hydroxyl groups excluding tert-OH is 1. The number of aliphatic hydroxyl groups is 1. The summed E-state index contributed by atoms with van der Waals surface area (Å²) in [7, 11) is 0. The zero-order valence-electron chi connectivity index (χ0n) is 24.9. The zero-order chi connectivity index (χ0) is 27.4. The van der Waals surface area contributed by atoms with Crippen molar-refractivity contribution in [2.75, 3.05) is 39.3 Å². The molecule has 2 heterocycles. The van der Waals surface area contributed by atoms with Crippen LogP contribution in [0.4, 0.5) is 4.79 Å². The van der Waals surface area contributed by atoms with Crippen LogP contribution in [0, 0.1) is 40.4 Å². The zero-order valence-corrected chi connectivity index (χ0v) is 24.9. The van der Waals surface area contributed by atoms with Crippen molar-refractivity contribution in [1.82, 2.24) is 14.7 Å². The van der Waals surface area contributed by atoms with E-state index in [0.29, 0.717) is 49.3 Å². The molecule has 0 aromatic heterocycles. The third-order valence-corrected chi connectivity index (χ3v) is 12.9. The lowest BCUT2D eigenvalue weighted by atomic mass is 9.47. The van der Waals surface area contributed by atoms with Gasteiger partial charge in [0.1, 0.15) is 0 Å². The van der Waals surface area contributed by atoms with Crippen molar-refractivity contribution in [1.29, 1.82) is 0 Å². The number of carbonyl (C=O) groups is 2. The second kappa shape index (κ2) is 10.7. The van der Waals surface area contributed by atoms with Crippen LogP contribution in [-0.2, 0) is 4.79 Å². The van der Waals surface area contributed by atoms with Gasteiger partial charge in [0.25, 0.3) is 0 Å². The first-order valence-electron chi connectivity index (χ1n) is 16.4. The molecule has 39 heavy (non-hydrogen) atoms. The summed E-state index contributed by atoms with van der Waals surface area (Å²) in [5, 5.41) is 10.3. The highest BCUT2D eigenvalue weighted by atomic mass is 16.3. The SMILES string of the molecule is C[C@H](CCC(=O)N1CCN(C(=O)N2CCCC2)CC1)[C@H]1CC[C@H]2[C@@H]3CC=C4C[C@@H](O)CC[C@]4(C)[C@H]3CC[C@]12C. The summed E-state index contributed by atoms with van der Waals surface area (Å²) >= 11 is 0. The highest BCUT2D eigenvalue weighted by Gasteiger charge is 2.59. The average Bonchev–Trinajstić information content (AvgIpc) is 3.60. The first-order valence-corrected chi connectivity index (χ1v) is 16.4. The maximum Gasteiger partial charge on any atom is 0.320 e. The van der Waals surface area contributed by atoms with Crippen molar-refractivity contribution < 1.29 is 14.7 Å². The molecule has 6 aliphatic rings. The van der Waals surface area contributed by atoms with Crippen LogP contribution >= 0.6 is 0 Å². The smallest absolute Gasteiger partial charge is 0.320 e. The highest BCUT2D eigenvalue weighted by molar-refractivity contribution is 5.78. The molecule has 4 aliphatic carbocycles. The van der Waals surface area contributed by atoms with E-state index in [1.807, 2.05) is 14.7 Å². The van der Waals surface area contributed by atoms with Crippen molar-refractivity contribution in [2.24, 2.45) is 40.4 Å². The van der Waals surface area contributed by atoms with Crippen molar-refractivity contribution in [3.05, 3.63) is 11.6 Å². The number of rotatable bonds is 4. The second-order valence-corrected chi connectivity index (χ2v) is 14.7. The molecule has 0 aromatic carbocycles. The van der Waals surface area contributed by atoms with Crippen LogP contribution in [0.25, 0.3) is 0 Å². The number of nitrogens with zero attached hydrogens (tertiary/aromatic N) is 3. The molecule has 0 aromatic rings. The Labute approximate surface area is 236 Å². The van der Waals surface area contributed by atoms with E-state index in [-0.39, 0.29) is 18.0 Å². The first kappa shape index (κ1) is 27.6. The largest absolute Gasteiger partial charge is 0.393 e. The van der Waals surface area contributed by atoms with Gasteiger partial charge >= 0.3 is 6.03 Å². The number of hydrogen-bond donors (Lipinski definition) is 1. The number of fused-ring (bicyclic) bond motifs is 5. The maximum absolute atomic E-state index is 13.2. The summed E-state index contributed by atoms with van der Waals surface area (Å²) in [6.45, 7) is 12.0. The lowest BCUT2D eigenvalue weighted by molar-refractivity contribution is -0.133. The van der Waals surface area contributed by atoms with E-state index in [0.717, 1.165) is 75.3 Å². The van der Waals surface area contributed by atoms with Gasteiger partial charge in [-0.25, -0.2) is 4.79 Å². The molecule has 6 heteroatoms. The summed E-state index contributed by atoms with van der Waals surface area (Å²) in [5.74, 6) is 3.98. The third kappa shape index (κ3) is 4.85. The van der Waals surface area contributed by atoms with E-state index in [4.69, 9.17) is 0 Å². The Balaban J connectivity index is 1.02. The molecule has 0 unspecified atom stereocenters. The Morgan fingerprint density at radius 3 is 2.36 bits per heavy atom. The van der Waals surface area contributed by atoms with E-state index in [1.54, 1.807) is 5.57 Å². The average molecular weight is 540 g/mol. The topological polar surface area (TPSA) is 64.1 Å². The summed E-state index contributed by atoms with van der Waals surface area (Å²) in [6, 6.07) is 0.173. The minimum absolute atomic E-state index is 0.129. The molecule has 0 bridgehead atoms. The molecule has 1 N–H and O–H groups in total. The number of amides is 3. The number of allylic oxidation sites excluding steroid dienone is 1. The van der Waals surface area contributed by atoms with Crippen LogP contribution in [0.15, 0.2) is 11.6 Å². The molecule has 3 amide bonds. The number of piperazine rings is 1. The fourth-order valence-corrected chi connectivity index (χ4v) is 10.6. The Kier molecular flexibility index (Phi) is 7.56. The predicted octanol–water partition coefficient (Wildman–Crippen LogP) is 5.70. The lowest BCUT2D eigenvalue weighted by Crippen LogP contribution is -2.53. The molecule has 0 radical (unpaired) electrons. The van der Waals surface area contributed by atoms with Crippen molar-refractivity contribution in [3.8, 4) is 0 Å². The van der Waals surface area contributed by atoms with Crippen LogP contribution in [0.5, 0.6) is 0 Å². The van der Waals surface area contributed by atoms with E-state index in [2.05, 4.69) is 26.8 Å². The van der Waals surface area contributed by atoms with Gasteiger partial charge in [-0.3, -0.25) is 4.79 Å². The Morgan fingerprint density at radius 1 is 0.923 bits per heavy atom. The number of hydrogen-bond acceptors (Lipinski definition) is 3. The molecular weight excluding hydrogens is 486 g/mol. The Hall–Kier alpha value is -1.56. The number of urea groups is 1. The van der Waals surface area contributed by atoms with E-state index in [1.165, 1.54) is 32.1 Å². The van der Waals surface area contributed by atoms with Crippen LogP contribution in [0.3, 0.4) is 0 Å². The van der Waals surface area contributed by atoms with Gasteiger partial charge in [0, 0.05) is 45.7 Å². The molecule has 0 spiro atoms. The van der Waals surface area contributed by atoms with Crippen LogP contribution in [0.1, 0.15) is 97.8 Å². The van der Waals surface area contributed by atoms with Crippen molar-refractivity contribution in [2.45, 2.75) is 104 Å². The lowest BCUT2D eigenvalue weighted by Gasteiger charge is -2.58. The van der Waals surface area contributed by atoms with E-state index in [9.17, 15) is 14.7 Å². The van der Waals surface area contributed by atoms with Gasteiger partial charge in [0.2, 0.25) is 5.91 Å². The Morgan fingerprint density at radius 2 is 1.62 bits per heavy atom. The molecule has 218 valence electrons. The second-order valence-electron chi connectivity index (χ2n) is 14.7. The molecular formula is C33H53N3O3. The molecule has 2 saturated heterocycles. The summed E-state index contributed by atoms with van der Waals surface area (Å²) < 4.78 is 0. The number of carbonyl (C=O) groups excluding carboxylic acids is 2. The summed E-state index contributed by atoms with van der Waals surface area (Å²) in [5.41, 5.74) is 2.28. The van der Waals surface area contributed by atoms with Gasteiger partial charge in [-0.05, 0) is 111 Å². The fourth-order valence-electron chi connectivity index (χ4n) is 10.6. The molecule has 6 rings (SSSR count). The third-order valence-electron chi connectivity index (χ3n) is 12.9. The van der Waals surface area contributed by atoms with Crippen LogP contribution in [0.2, 0.25) is 0 Å². The molecule has 5 fully saturated rings.